The van der Waals surface area contributed by atoms with Gasteiger partial charge < -0.3 is 14.6 Å². The lowest BCUT2D eigenvalue weighted by Gasteiger charge is -2.21. The van der Waals surface area contributed by atoms with Crippen LogP contribution in [0.3, 0.4) is 0 Å². The Kier molecular flexibility index (Phi) is 4.24. The highest BCUT2D eigenvalue weighted by atomic mass is 16.4. The molecule has 0 radical (unpaired) electrons. The van der Waals surface area contributed by atoms with E-state index in [-0.39, 0.29) is 18.1 Å². The minimum Gasteiger partial charge on any atom is -0.477 e. The van der Waals surface area contributed by atoms with Gasteiger partial charge >= 0.3 is 5.97 Å². The quantitative estimate of drug-likeness (QED) is 0.882. The molecule has 1 aliphatic rings. The Bertz CT molecular complexity index is 461. The maximum atomic E-state index is 12.1. The Morgan fingerprint density at radius 3 is 2.74 bits per heavy atom. The molecule has 1 N–H and O–H groups in total. The average Bonchev–Trinajstić information content (AvgIpc) is 2.99. The monoisotopic (exact) mass is 264 g/mol. The van der Waals surface area contributed by atoms with Gasteiger partial charge in [-0.25, -0.2) is 4.79 Å². The third-order valence-electron chi connectivity index (χ3n) is 3.79. The SMILES string of the molecule is CN(CC1CCCC1)C(=O)Cn1cccc1C(=O)O. The van der Waals surface area contributed by atoms with Gasteiger partial charge in [-0.2, -0.15) is 0 Å². The summed E-state index contributed by atoms with van der Waals surface area (Å²) in [5, 5.41) is 8.99. The number of aromatic carboxylic acids is 1. The molecular weight excluding hydrogens is 244 g/mol. The lowest BCUT2D eigenvalue weighted by Crippen LogP contribution is -2.34. The maximum absolute atomic E-state index is 12.1. The zero-order valence-corrected chi connectivity index (χ0v) is 11.2. The summed E-state index contributed by atoms with van der Waals surface area (Å²) in [5.74, 6) is -0.431. The van der Waals surface area contributed by atoms with Gasteiger partial charge in [-0.05, 0) is 30.9 Å². The van der Waals surface area contributed by atoms with E-state index in [1.165, 1.54) is 36.3 Å². The van der Waals surface area contributed by atoms with E-state index in [1.807, 2.05) is 0 Å². The lowest BCUT2D eigenvalue weighted by molar-refractivity contribution is -0.131. The minimum absolute atomic E-state index is 0.0365. The zero-order chi connectivity index (χ0) is 13.8. The van der Waals surface area contributed by atoms with Crippen LogP contribution in [0.5, 0.6) is 0 Å². The fourth-order valence-electron chi connectivity index (χ4n) is 2.69. The highest BCUT2D eigenvalue weighted by Crippen LogP contribution is 2.25. The van der Waals surface area contributed by atoms with Crippen molar-refractivity contribution in [2.45, 2.75) is 32.2 Å². The number of hydrogen-bond acceptors (Lipinski definition) is 2. The van der Waals surface area contributed by atoms with Crippen molar-refractivity contribution in [2.75, 3.05) is 13.6 Å². The molecule has 19 heavy (non-hydrogen) atoms. The minimum atomic E-state index is -1.00. The molecule has 1 saturated carbocycles. The van der Waals surface area contributed by atoms with E-state index >= 15 is 0 Å². The van der Waals surface area contributed by atoms with Crippen LogP contribution in [0.1, 0.15) is 36.2 Å². The maximum Gasteiger partial charge on any atom is 0.352 e. The lowest BCUT2D eigenvalue weighted by atomic mass is 10.1. The van der Waals surface area contributed by atoms with E-state index in [0.717, 1.165) is 6.54 Å². The van der Waals surface area contributed by atoms with E-state index in [1.54, 1.807) is 24.2 Å². The molecule has 0 aromatic carbocycles. The third kappa shape index (κ3) is 3.36. The standard InChI is InChI=1S/C14H20N2O3/c1-15(9-11-5-2-3-6-11)13(17)10-16-8-4-7-12(16)14(18)19/h4,7-8,11H,2-3,5-6,9-10H2,1H3,(H,18,19). The van der Waals surface area contributed by atoms with Crippen molar-refractivity contribution in [1.29, 1.82) is 0 Å². The first kappa shape index (κ1) is 13.6. The van der Waals surface area contributed by atoms with Crippen LogP contribution in [-0.4, -0.2) is 40.0 Å². The van der Waals surface area contributed by atoms with Crippen LogP contribution < -0.4 is 0 Å². The van der Waals surface area contributed by atoms with Crippen molar-refractivity contribution in [3.05, 3.63) is 24.0 Å². The van der Waals surface area contributed by atoms with Crippen LogP contribution in [0.15, 0.2) is 18.3 Å². The number of nitrogens with zero attached hydrogens (tertiary/aromatic N) is 2. The number of hydrogen-bond donors (Lipinski definition) is 1. The molecule has 2 rings (SSSR count). The van der Waals surface area contributed by atoms with Crippen molar-refractivity contribution in [3.63, 3.8) is 0 Å². The molecular formula is C14H20N2O3. The second-order valence-corrected chi connectivity index (χ2v) is 5.25. The smallest absolute Gasteiger partial charge is 0.352 e. The van der Waals surface area contributed by atoms with Gasteiger partial charge in [0, 0.05) is 19.8 Å². The summed E-state index contributed by atoms with van der Waals surface area (Å²) in [5.41, 5.74) is 0.155. The molecule has 0 aliphatic heterocycles. The van der Waals surface area contributed by atoms with Gasteiger partial charge in [-0.1, -0.05) is 12.8 Å². The Labute approximate surface area is 112 Å². The second-order valence-electron chi connectivity index (χ2n) is 5.25. The number of carboxylic acids is 1. The van der Waals surface area contributed by atoms with Crippen molar-refractivity contribution >= 4 is 11.9 Å². The topological polar surface area (TPSA) is 62.5 Å². The number of aromatic nitrogens is 1. The van der Waals surface area contributed by atoms with Crippen LogP contribution >= 0.6 is 0 Å². The van der Waals surface area contributed by atoms with E-state index in [0.29, 0.717) is 5.92 Å². The predicted octanol–water partition coefficient (Wildman–Crippen LogP) is 1.83. The molecule has 1 aliphatic carbocycles. The summed E-state index contributed by atoms with van der Waals surface area (Å²) in [6.45, 7) is 0.875. The van der Waals surface area contributed by atoms with Gasteiger partial charge in [0.15, 0.2) is 0 Å². The van der Waals surface area contributed by atoms with Gasteiger partial charge in [0.25, 0.3) is 0 Å². The number of amides is 1. The molecule has 5 nitrogen and oxygen atoms in total. The molecule has 1 fully saturated rings. The summed E-state index contributed by atoms with van der Waals surface area (Å²) in [7, 11) is 1.80. The van der Waals surface area contributed by atoms with Gasteiger partial charge in [0.2, 0.25) is 5.91 Å². The van der Waals surface area contributed by atoms with Gasteiger partial charge in [0.1, 0.15) is 12.2 Å². The summed E-state index contributed by atoms with van der Waals surface area (Å²) in [6.07, 6.45) is 6.54. The molecule has 1 aromatic rings. The largest absolute Gasteiger partial charge is 0.477 e. The Balaban J connectivity index is 1.92. The van der Waals surface area contributed by atoms with Crippen molar-refractivity contribution in [1.82, 2.24) is 9.47 Å². The van der Waals surface area contributed by atoms with Crippen LogP contribution in [0.2, 0.25) is 0 Å². The van der Waals surface area contributed by atoms with E-state index < -0.39 is 5.97 Å². The van der Waals surface area contributed by atoms with Crippen molar-refractivity contribution in [2.24, 2.45) is 5.92 Å². The third-order valence-corrected chi connectivity index (χ3v) is 3.79. The molecule has 0 unspecified atom stereocenters. The number of carboxylic acid groups (broad SMARTS) is 1. The molecule has 0 saturated heterocycles. The first-order valence-corrected chi connectivity index (χ1v) is 6.70. The molecule has 0 spiro atoms. The van der Waals surface area contributed by atoms with Gasteiger partial charge in [-0.15, -0.1) is 0 Å². The van der Waals surface area contributed by atoms with Crippen molar-refractivity contribution < 1.29 is 14.7 Å². The molecule has 0 atom stereocenters. The molecule has 104 valence electrons. The van der Waals surface area contributed by atoms with E-state index in [2.05, 4.69) is 0 Å². The van der Waals surface area contributed by atoms with Crippen LogP contribution in [0.25, 0.3) is 0 Å². The van der Waals surface area contributed by atoms with Gasteiger partial charge in [-0.3, -0.25) is 4.79 Å². The summed E-state index contributed by atoms with van der Waals surface area (Å²) in [4.78, 5) is 24.8. The number of likely N-dealkylation sites (N-methyl/N-ethyl adjacent to an activating group) is 1. The van der Waals surface area contributed by atoms with Crippen LogP contribution in [-0.2, 0) is 11.3 Å². The fraction of sp³-hybridized carbons (Fsp3) is 0.571. The summed E-state index contributed by atoms with van der Waals surface area (Å²) in [6, 6.07) is 3.15. The normalized spacial score (nSPS) is 15.6. The number of carbonyl (C=O) groups is 2. The van der Waals surface area contributed by atoms with E-state index in [4.69, 9.17) is 5.11 Å². The van der Waals surface area contributed by atoms with Crippen molar-refractivity contribution in [3.8, 4) is 0 Å². The number of rotatable bonds is 5. The zero-order valence-electron chi connectivity index (χ0n) is 11.2. The van der Waals surface area contributed by atoms with Crippen LogP contribution in [0.4, 0.5) is 0 Å². The highest BCUT2D eigenvalue weighted by molar-refractivity contribution is 5.86. The number of carbonyl (C=O) groups excluding carboxylic acids is 1. The average molecular weight is 264 g/mol. The Hall–Kier alpha value is -1.78. The first-order valence-electron chi connectivity index (χ1n) is 6.70. The molecule has 1 heterocycles. The molecule has 0 bridgehead atoms. The second kappa shape index (κ2) is 5.91. The predicted molar refractivity (Wildman–Crippen MR) is 71.0 cm³/mol. The molecule has 1 amide bonds. The fourth-order valence-corrected chi connectivity index (χ4v) is 2.69. The molecule has 5 heteroatoms. The van der Waals surface area contributed by atoms with Gasteiger partial charge in [0.05, 0.1) is 0 Å². The Morgan fingerprint density at radius 2 is 2.11 bits per heavy atom. The highest BCUT2D eigenvalue weighted by Gasteiger charge is 2.20. The molecule has 1 aromatic heterocycles. The first-order chi connectivity index (χ1) is 9.08. The summed E-state index contributed by atoms with van der Waals surface area (Å²) < 4.78 is 1.48. The van der Waals surface area contributed by atoms with Crippen LogP contribution in [0, 0.1) is 5.92 Å². The summed E-state index contributed by atoms with van der Waals surface area (Å²) >= 11 is 0. The van der Waals surface area contributed by atoms with E-state index in [9.17, 15) is 9.59 Å². The Morgan fingerprint density at radius 1 is 1.42 bits per heavy atom.